The van der Waals surface area contributed by atoms with E-state index in [4.69, 9.17) is 5.11 Å². The number of hydrogen-bond acceptors (Lipinski definition) is 5. The lowest BCUT2D eigenvalue weighted by atomic mass is 10.2. The number of nitrogens with one attached hydrogen (secondary N) is 1. The molecule has 2 N–H and O–H groups in total. The van der Waals surface area contributed by atoms with Gasteiger partial charge < -0.3 is 5.11 Å². The summed E-state index contributed by atoms with van der Waals surface area (Å²) in [4.78, 5) is 19.8. The molecule has 0 saturated carbocycles. The van der Waals surface area contributed by atoms with Gasteiger partial charge in [0.15, 0.2) is 0 Å². The maximum Gasteiger partial charge on any atom is 0.335 e. The van der Waals surface area contributed by atoms with Crippen molar-refractivity contribution in [3.8, 4) is 0 Å². The van der Waals surface area contributed by atoms with Crippen molar-refractivity contribution in [3.05, 3.63) is 64.0 Å². The number of halogens is 1. The Bertz CT molecular complexity index is 880. The van der Waals surface area contributed by atoms with Gasteiger partial charge in [0.1, 0.15) is 0 Å². The predicted molar refractivity (Wildman–Crippen MR) is 77.3 cm³/mol. The molecule has 0 unspecified atom stereocenters. The largest absolute Gasteiger partial charge is 0.478 e. The molecule has 0 aromatic heterocycles. The molecule has 0 saturated heterocycles. The van der Waals surface area contributed by atoms with E-state index in [2.05, 4.69) is 4.72 Å². The molecule has 0 aliphatic heterocycles. The Balaban J connectivity index is 2.33. The number of carboxylic acids is 1. The van der Waals surface area contributed by atoms with Crippen molar-refractivity contribution in [2.75, 3.05) is 4.72 Å². The fraction of sp³-hybridized carbons (Fsp3) is 0. The molecule has 10 heteroatoms. The van der Waals surface area contributed by atoms with E-state index in [-0.39, 0.29) is 11.3 Å². The molecular formula is C13H9FN2O6S. The van der Waals surface area contributed by atoms with Crippen molar-refractivity contribution in [1.82, 2.24) is 0 Å². The SMILES string of the molecule is O=C(O)c1ccc(NS(=O)(=O)c2ccc(F)c([N+](=O)[O-])c2)cc1. The van der Waals surface area contributed by atoms with Crippen LogP contribution in [0.15, 0.2) is 47.4 Å². The van der Waals surface area contributed by atoms with Gasteiger partial charge in [0.05, 0.1) is 15.4 Å². The molecule has 0 radical (unpaired) electrons. The molecule has 23 heavy (non-hydrogen) atoms. The van der Waals surface area contributed by atoms with Crippen LogP contribution in [0.25, 0.3) is 0 Å². The van der Waals surface area contributed by atoms with Gasteiger partial charge in [-0.1, -0.05) is 0 Å². The minimum atomic E-state index is -4.19. The van der Waals surface area contributed by atoms with E-state index < -0.39 is 37.3 Å². The van der Waals surface area contributed by atoms with E-state index in [1.54, 1.807) is 0 Å². The number of sulfonamides is 1. The summed E-state index contributed by atoms with van der Waals surface area (Å²) in [5.41, 5.74) is -0.943. The van der Waals surface area contributed by atoms with Crippen LogP contribution in [0.4, 0.5) is 15.8 Å². The van der Waals surface area contributed by atoms with Crippen LogP contribution in [0.5, 0.6) is 0 Å². The second-order valence-corrected chi connectivity index (χ2v) is 6.04. The van der Waals surface area contributed by atoms with Gasteiger partial charge in [0.25, 0.3) is 10.0 Å². The summed E-state index contributed by atoms with van der Waals surface area (Å²) < 4.78 is 39.6. The summed E-state index contributed by atoms with van der Waals surface area (Å²) in [6, 6.07) is 6.98. The number of anilines is 1. The number of hydrogen-bond donors (Lipinski definition) is 2. The molecule has 0 fully saturated rings. The number of rotatable bonds is 5. The molecule has 120 valence electrons. The van der Waals surface area contributed by atoms with Gasteiger partial charge in [-0.3, -0.25) is 14.8 Å². The monoisotopic (exact) mass is 340 g/mol. The Labute approximate surface area is 129 Å². The number of benzene rings is 2. The first-order valence-electron chi connectivity index (χ1n) is 6.01. The average Bonchev–Trinajstić information content (AvgIpc) is 2.47. The molecular weight excluding hydrogens is 331 g/mol. The summed E-state index contributed by atoms with van der Waals surface area (Å²) in [5, 5.41) is 19.4. The van der Waals surface area contributed by atoms with Crippen molar-refractivity contribution in [1.29, 1.82) is 0 Å². The predicted octanol–water partition coefficient (Wildman–Crippen LogP) is 2.23. The summed E-state index contributed by atoms with van der Waals surface area (Å²) in [6.45, 7) is 0. The second-order valence-electron chi connectivity index (χ2n) is 4.36. The Morgan fingerprint density at radius 2 is 1.78 bits per heavy atom. The van der Waals surface area contributed by atoms with Crippen LogP contribution in [0.3, 0.4) is 0 Å². The fourth-order valence-corrected chi connectivity index (χ4v) is 2.77. The van der Waals surface area contributed by atoms with Crippen LogP contribution in [0, 0.1) is 15.9 Å². The quantitative estimate of drug-likeness (QED) is 0.635. The highest BCUT2D eigenvalue weighted by Gasteiger charge is 2.21. The first-order chi connectivity index (χ1) is 10.7. The fourth-order valence-electron chi connectivity index (χ4n) is 1.69. The van der Waals surface area contributed by atoms with E-state index in [1.807, 2.05) is 0 Å². The molecule has 2 aromatic carbocycles. The highest BCUT2D eigenvalue weighted by Crippen LogP contribution is 2.23. The number of nitro benzene ring substituents is 1. The molecule has 0 bridgehead atoms. The highest BCUT2D eigenvalue weighted by molar-refractivity contribution is 7.92. The van der Waals surface area contributed by atoms with E-state index >= 15 is 0 Å². The third kappa shape index (κ3) is 3.61. The molecule has 0 atom stereocenters. The number of carboxylic acid groups (broad SMARTS) is 1. The van der Waals surface area contributed by atoms with Crippen molar-refractivity contribution in [3.63, 3.8) is 0 Å². The number of nitrogens with zero attached hydrogens (tertiary/aromatic N) is 1. The third-order valence-corrected chi connectivity index (χ3v) is 4.19. The highest BCUT2D eigenvalue weighted by atomic mass is 32.2. The zero-order valence-corrected chi connectivity index (χ0v) is 12.1. The maximum absolute atomic E-state index is 13.2. The van der Waals surface area contributed by atoms with Crippen molar-refractivity contribution in [2.45, 2.75) is 4.90 Å². The van der Waals surface area contributed by atoms with E-state index in [9.17, 15) is 27.7 Å². The van der Waals surface area contributed by atoms with Gasteiger partial charge in [0.2, 0.25) is 5.82 Å². The Hall–Kier alpha value is -3.01. The Kier molecular flexibility index (Phi) is 4.27. The van der Waals surface area contributed by atoms with Crippen LogP contribution >= 0.6 is 0 Å². The van der Waals surface area contributed by atoms with Crippen molar-refractivity contribution < 1.29 is 27.6 Å². The molecule has 0 aliphatic rings. The number of nitro groups is 1. The zero-order valence-electron chi connectivity index (χ0n) is 11.3. The van der Waals surface area contributed by atoms with Gasteiger partial charge in [0, 0.05) is 11.8 Å². The molecule has 0 heterocycles. The van der Waals surface area contributed by atoms with Crippen LogP contribution in [-0.2, 0) is 10.0 Å². The summed E-state index contributed by atoms with van der Waals surface area (Å²) >= 11 is 0. The molecule has 2 rings (SSSR count). The molecule has 0 spiro atoms. The minimum Gasteiger partial charge on any atom is -0.478 e. The smallest absolute Gasteiger partial charge is 0.335 e. The Morgan fingerprint density at radius 1 is 1.17 bits per heavy atom. The number of aromatic carboxylic acids is 1. The van der Waals surface area contributed by atoms with Gasteiger partial charge in [-0.05, 0) is 36.4 Å². The van der Waals surface area contributed by atoms with Crippen LogP contribution in [-0.4, -0.2) is 24.4 Å². The van der Waals surface area contributed by atoms with Gasteiger partial charge in [-0.15, -0.1) is 0 Å². The Morgan fingerprint density at radius 3 is 2.30 bits per heavy atom. The van der Waals surface area contributed by atoms with Gasteiger partial charge in [-0.2, -0.15) is 4.39 Å². The zero-order chi connectivity index (χ0) is 17.2. The first-order valence-corrected chi connectivity index (χ1v) is 7.49. The summed E-state index contributed by atoms with van der Waals surface area (Å²) in [5.74, 6) is -2.33. The third-order valence-electron chi connectivity index (χ3n) is 2.81. The van der Waals surface area contributed by atoms with Gasteiger partial charge >= 0.3 is 11.7 Å². The summed E-state index contributed by atoms with van der Waals surface area (Å²) in [7, 11) is -4.19. The minimum absolute atomic E-state index is 0.0367. The van der Waals surface area contributed by atoms with Crippen molar-refractivity contribution >= 4 is 27.4 Å². The van der Waals surface area contributed by atoms with Crippen LogP contribution < -0.4 is 4.72 Å². The van der Waals surface area contributed by atoms with E-state index in [1.165, 1.54) is 24.3 Å². The molecule has 8 nitrogen and oxygen atoms in total. The molecule has 0 aliphatic carbocycles. The average molecular weight is 340 g/mol. The van der Waals surface area contributed by atoms with Gasteiger partial charge in [-0.25, -0.2) is 13.2 Å². The normalized spacial score (nSPS) is 11.0. The summed E-state index contributed by atoms with van der Waals surface area (Å²) in [6.07, 6.45) is 0. The topological polar surface area (TPSA) is 127 Å². The lowest BCUT2D eigenvalue weighted by molar-refractivity contribution is -0.387. The standard InChI is InChI=1S/C13H9FN2O6S/c14-11-6-5-10(7-12(11)16(19)20)23(21,22)15-9-3-1-8(2-4-9)13(17)18/h1-7,15H,(H,17,18). The van der Waals surface area contributed by atoms with E-state index in [0.29, 0.717) is 12.1 Å². The maximum atomic E-state index is 13.2. The first kappa shape index (κ1) is 16.4. The lowest BCUT2D eigenvalue weighted by Crippen LogP contribution is -2.13. The van der Waals surface area contributed by atoms with Crippen LogP contribution in [0.1, 0.15) is 10.4 Å². The van der Waals surface area contributed by atoms with Crippen LogP contribution in [0.2, 0.25) is 0 Å². The second kappa shape index (κ2) is 6.01. The lowest BCUT2D eigenvalue weighted by Gasteiger charge is -2.08. The van der Waals surface area contributed by atoms with E-state index in [0.717, 1.165) is 6.07 Å². The number of carbonyl (C=O) groups is 1. The molecule has 2 aromatic rings. The van der Waals surface area contributed by atoms with Crippen molar-refractivity contribution in [2.24, 2.45) is 0 Å². The molecule has 0 amide bonds.